The molecule has 3 aliphatic rings. The van der Waals surface area contributed by atoms with Gasteiger partial charge in [0.15, 0.2) is 11.5 Å². The van der Waals surface area contributed by atoms with Crippen molar-refractivity contribution in [2.75, 3.05) is 69.1 Å². The first-order valence-corrected chi connectivity index (χ1v) is 10.8. The molecule has 0 atom stereocenters. The number of carbonyl (C=O) groups is 1. The maximum atomic E-state index is 12.8. The molecule has 2 fully saturated rings. The quantitative estimate of drug-likeness (QED) is 0.724. The van der Waals surface area contributed by atoms with Gasteiger partial charge in [-0.25, -0.2) is 9.97 Å². The Morgan fingerprint density at radius 3 is 2.32 bits per heavy atom. The molecule has 4 heterocycles. The number of hydrogen-bond acceptors (Lipinski definition) is 8. The number of piperazine rings is 1. The summed E-state index contributed by atoms with van der Waals surface area (Å²) in [5, 5.41) is 0. The molecule has 164 valence electrons. The van der Waals surface area contributed by atoms with E-state index < -0.39 is 0 Å². The van der Waals surface area contributed by atoms with Crippen molar-refractivity contribution < 1.29 is 19.0 Å². The third-order valence-electron chi connectivity index (χ3n) is 5.89. The van der Waals surface area contributed by atoms with E-state index >= 15 is 0 Å². The van der Waals surface area contributed by atoms with Crippen LogP contribution in [0.5, 0.6) is 11.5 Å². The van der Waals surface area contributed by atoms with Crippen LogP contribution >= 0.6 is 0 Å². The average molecular weight is 425 g/mol. The van der Waals surface area contributed by atoms with Crippen molar-refractivity contribution in [1.82, 2.24) is 14.9 Å². The Morgan fingerprint density at radius 2 is 1.58 bits per heavy atom. The van der Waals surface area contributed by atoms with Crippen molar-refractivity contribution in [1.29, 1.82) is 0 Å². The van der Waals surface area contributed by atoms with E-state index in [1.807, 2.05) is 30.0 Å². The highest BCUT2D eigenvalue weighted by Gasteiger charge is 2.24. The number of anilines is 2. The van der Waals surface area contributed by atoms with Crippen LogP contribution in [0.1, 0.15) is 11.4 Å². The van der Waals surface area contributed by atoms with Gasteiger partial charge in [-0.05, 0) is 24.6 Å². The SMILES string of the molecule is Cc1nc(N2CCOCC2)cc(N2CCN(C(=O)Cc3ccc4c(c3)OCO4)CC2)n1. The maximum absolute atomic E-state index is 12.8. The van der Waals surface area contributed by atoms with Gasteiger partial charge in [0, 0.05) is 45.3 Å². The number of benzene rings is 1. The predicted octanol–water partition coefficient (Wildman–Crippen LogP) is 1.24. The normalized spacial score (nSPS) is 18.4. The fraction of sp³-hybridized carbons (Fsp3) is 0.500. The first-order chi connectivity index (χ1) is 15.2. The minimum absolute atomic E-state index is 0.131. The number of amides is 1. The van der Waals surface area contributed by atoms with E-state index in [4.69, 9.17) is 14.2 Å². The molecule has 0 N–H and O–H groups in total. The number of fused-ring (bicyclic) bond motifs is 1. The molecule has 31 heavy (non-hydrogen) atoms. The minimum atomic E-state index is 0.131. The molecule has 1 aromatic carbocycles. The summed E-state index contributed by atoms with van der Waals surface area (Å²) in [6.07, 6.45) is 0.366. The zero-order chi connectivity index (χ0) is 21.2. The molecule has 9 heteroatoms. The maximum Gasteiger partial charge on any atom is 0.231 e. The van der Waals surface area contributed by atoms with Gasteiger partial charge in [-0.3, -0.25) is 4.79 Å². The zero-order valence-corrected chi connectivity index (χ0v) is 17.7. The lowest BCUT2D eigenvalue weighted by atomic mass is 10.1. The lowest BCUT2D eigenvalue weighted by Gasteiger charge is -2.36. The van der Waals surface area contributed by atoms with E-state index in [1.54, 1.807) is 0 Å². The Balaban J connectivity index is 1.20. The van der Waals surface area contributed by atoms with E-state index in [0.717, 1.165) is 68.2 Å². The second-order valence-corrected chi connectivity index (χ2v) is 7.96. The molecule has 0 aliphatic carbocycles. The average Bonchev–Trinajstić information content (AvgIpc) is 3.27. The summed E-state index contributed by atoms with van der Waals surface area (Å²) in [6, 6.07) is 7.75. The van der Waals surface area contributed by atoms with Crippen LogP contribution in [0.2, 0.25) is 0 Å². The van der Waals surface area contributed by atoms with E-state index in [9.17, 15) is 4.79 Å². The van der Waals surface area contributed by atoms with E-state index in [2.05, 4.69) is 25.8 Å². The van der Waals surface area contributed by atoms with Crippen LogP contribution in [-0.2, 0) is 16.0 Å². The molecule has 9 nitrogen and oxygen atoms in total. The molecule has 3 aliphatic heterocycles. The van der Waals surface area contributed by atoms with Crippen molar-refractivity contribution >= 4 is 17.5 Å². The molecule has 0 radical (unpaired) electrons. The Labute approximate surface area is 181 Å². The van der Waals surface area contributed by atoms with Gasteiger partial charge < -0.3 is 28.9 Å². The smallest absolute Gasteiger partial charge is 0.231 e. The zero-order valence-electron chi connectivity index (χ0n) is 17.7. The lowest BCUT2D eigenvalue weighted by molar-refractivity contribution is -0.130. The van der Waals surface area contributed by atoms with E-state index in [0.29, 0.717) is 25.3 Å². The number of aryl methyl sites for hydroxylation is 1. The first-order valence-electron chi connectivity index (χ1n) is 10.8. The van der Waals surface area contributed by atoms with E-state index in [1.165, 1.54) is 0 Å². The predicted molar refractivity (Wildman–Crippen MR) is 115 cm³/mol. The number of carbonyl (C=O) groups excluding carboxylic acids is 1. The molecule has 2 aromatic rings. The second kappa shape index (κ2) is 8.58. The molecule has 1 aromatic heterocycles. The third-order valence-corrected chi connectivity index (χ3v) is 5.89. The van der Waals surface area contributed by atoms with Crippen molar-refractivity contribution in [3.8, 4) is 11.5 Å². The van der Waals surface area contributed by atoms with Gasteiger partial charge in [0.05, 0.1) is 19.6 Å². The Morgan fingerprint density at radius 1 is 0.903 bits per heavy atom. The highest BCUT2D eigenvalue weighted by Crippen LogP contribution is 2.32. The highest BCUT2D eigenvalue weighted by molar-refractivity contribution is 5.79. The Hall–Kier alpha value is -3.07. The largest absolute Gasteiger partial charge is 0.454 e. The van der Waals surface area contributed by atoms with E-state index in [-0.39, 0.29) is 12.7 Å². The molecule has 2 saturated heterocycles. The fourth-order valence-electron chi connectivity index (χ4n) is 4.18. The molecule has 0 spiro atoms. The molecule has 0 bridgehead atoms. The fourth-order valence-corrected chi connectivity index (χ4v) is 4.18. The molecule has 0 saturated carbocycles. The van der Waals surface area contributed by atoms with Gasteiger partial charge in [-0.1, -0.05) is 6.07 Å². The van der Waals surface area contributed by atoms with Crippen LogP contribution in [-0.4, -0.2) is 80.1 Å². The summed E-state index contributed by atoms with van der Waals surface area (Å²) >= 11 is 0. The van der Waals surface area contributed by atoms with Crippen LogP contribution in [0.3, 0.4) is 0 Å². The summed E-state index contributed by atoms with van der Waals surface area (Å²) in [5.74, 6) is 4.22. The van der Waals surface area contributed by atoms with Gasteiger partial charge in [-0.15, -0.1) is 0 Å². The van der Waals surface area contributed by atoms with Crippen LogP contribution in [0.25, 0.3) is 0 Å². The van der Waals surface area contributed by atoms with Crippen molar-refractivity contribution in [2.24, 2.45) is 0 Å². The number of hydrogen-bond donors (Lipinski definition) is 0. The Bertz CT molecular complexity index is 955. The number of nitrogens with zero attached hydrogens (tertiary/aromatic N) is 5. The standard InChI is InChI=1S/C22H27N5O4/c1-16-23-20(14-21(24-16)26-8-10-29-11-9-26)25-4-6-27(7-5-25)22(28)13-17-2-3-18-19(12-17)31-15-30-18/h2-3,12,14H,4-11,13,15H2,1H3. The molecular formula is C22H27N5O4. The summed E-state index contributed by atoms with van der Waals surface area (Å²) < 4.78 is 16.2. The Kier molecular flexibility index (Phi) is 5.50. The second-order valence-electron chi connectivity index (χ2n) is 7.96. The monoisotopic (exact) mass is 425 g/mol. The van der Waals surface area contributed by atoms with Crippen LogP contribution in [0.4, 0.5) is 11.6 Å². The lowest BCUT2D eigenvalue weighted by Crippen LogP contribution is -2.49. The van der Waals surface area contributed by atoms with Crippen LogP contribution in [0.15, 0.2) is 24.3 Å². The highest BCUT2D eigenvalue weighted by atomic mass is 16.7. The van der Waals surface area contributed by atoms with Crippen molar-refractivity contribution in [3.05, 3.63) is 35.7 Å². The molecular weight excluding hydrogens is 398 g/mol. The molecule has 5 rings (SSSR count). The number of aromatic nitrogens is 2. The van der Waals surface area contributed by atoms with Gasteiger partial charge >= 0.3 is 0 Å². The minimum Gasteiger partial charge on any atom is -0.454 e. The van der Waals surface area contributed by atoms with Crippen molar-refractivity contribution in [2.45, 2.75) is 13.3 Å². The number of ether oxygens (including phenoxy) is 3. The summed E-state index contributed by atoms with van der Waals surface area (Å²) in [5.41, 5.74) is 0.943. The van der Waals surface area contributed by atoms with Crippen LogP contribution in [0, 0.1) is 6.92 Å². The summed E-state index contributed by atoms with van der Waals surface area (Å²) in [7, 11) is 0. The number of rotatable bonds is 4. The molecule has 1 amide bonds. The summed E-state index contributed by atoms with van der Waals surface area (Å²) in [4.78, 5) is 28.5. The molecule has 0 unspecified atom stereocenters. The topological polar surface area (TPSA) is 80.3 Å². The summed E-state index contributed by atoms with van der Waals surface area (Å²) in [6.45, 7) is 8.18. The third kappa shape index (κ3) is 4.36. The van der Waals surface area contributed by atoms with Gasteiger partial charge in [0.25, 0.3) is 0 Å². The van der Waals surface area contributed by atoms with Gasteiger partial charge in [0.1, 0.15) is 17.5 Å². The van der Waals surface area contributed by atoms with Crippen LogP contribution < -0.4 is 19.3 Å². The van der Waals surface area contributed by atoms with Gasteiger partial charge in [-0.2, -0.15) is 0 Å². The number of morpholine rings is 1. The first kappa shape index (κ1) is 19.9. The van der Waals surface area contributed by atoms with Gasteiger partial charge in [0.2, 0.25) is 12.7 Å². The van der Waals surface area contributed by atoms with Crippen molar-refractivity contribution in [3.63, 3.8) is 0 Å².